The van der Waals surface area contributed by atoms with E-state index in [1.807, 2.05) is 18.2 Å². The van der Waals surface area contributed by atoms with Gasteiger partial charge >= 0.3 is 0 Å². The molecule has 0 aliphatic carbocycles. The first-order valence-corrected chi connectivity index (χ1v) is 7.00. The molecule has 0 unspecified atom stereocenters. The van der Waals surface area contributed by atoms with Crippen molar-refractivity contribution in [1.29, 1.82) is 0 Å². The van der Waals surface area contributed by atoms with Crippen LogP contribution < -0.4 is 5.32 Å². The van der Waals surface area contributed by atoms with Crippen LogP contribution >= 0.6 is 11.6 Å². The second-order valence-corrected chi connectivity index (χ2v) is 5.35. The summed E-state index contributed by atoms with van der Waals surface area (Å²) in [5, 5.41) is 3.16. The van der Waals surface area contributed by atoms with E-state index < -0.39 is 11.6 Å². The Bertz CT molecular complexity index is 679. The molecule has 22 heavy (non-hydrogen) atoms. The van der Waals surface area contributed by atoms with Gasteiger partial charge in [0.2, 0.25) is 5.91 Å². The van der Waals surface area contributed by atoms with E-state index in [0.29, 0.717) is 11.6 Å². The van der Waals surface area contributed by atoms with Gasteiger partial charge in [-0.25, -0.2) is 8.78 Å². The molecular formula is C16H15ClF2N2O. The summed E-state index contributed by atoms with van der Waals surface area (Å²) < 4.78 is 25.9. The molecular weight excluding hydrogens is 310 g/mol. The highest BCUT2D eigenvalue weighted by Crippen LogP contribution is 2.16. The van der Waals surface area contributed by atoms with Gasteiger partial charge in [0.1, 0.15) is 0 Å². The van der Waals surface area contributed by atoms with E-state index in [9.17, 15) is 13.6 Å². The number of hydrogen-bond donors (Lipinski definition) is 1. The third-order valence-electron chi connectivity index (χ3n) is 3.01. The first kappa shape index (κ1) is 16.4. The van der Waals surface area contributed by atoms with E-state index in [4.69, 9.17) is 11.6 Å². The lowest BCUT2D eigenvalue weighted by Gasteiger charge is -2.17. The Hall–Kier alpha value is -1.98. The number of halogens is 3. The van der Waals surface area contributed by atoms with Crippen molar-refractivity contribution in [2.75, 3.05) is 18.9 Å². The lowest BCUT2D eigenvalue weighted by Crippen LogP contribution is -2.30. The largest absolute Gasteiger partial charge is 0.325 e. The fourth-order valence-electron chi connectivity index (χ4n) is 1.99. The highest BCUT2D eigenvalue weighted by molar-refractivity contribution is 6.31. The zero-order valence-electron chi connectivity index (χ0n) is 11.9. The van der Waals surface area contributed by atoms with Crippen LogP contribution in [0.3, 0.4) is 0 Å². The number of benzene rings is 2. The van der Waals surface area contributed by atoms with Crippen LogP contribution in [-0.2, 0) is 11.3 Å². The molecule has 1 amide bonds. The molecule has 2 rings (SSSR count). The Kier molecular flexibility index (Phi) is 5.46. The van der Waals surface area contributed by atoms with Crippen molar-refractivity contribution in [3.63, 3.8) is 0 Å². The second kappa shape index (κ2) is 7.33. The van der Waals surface area contributed by atoms with Crippen molar-refractivity contribution >= 4 is 23.2 Å². The van der Waals surface area contributed by atoms with Crippen LogP contribution in [0.1, 0.15) is 5.56 Å². The maximum Gasteiger partial charge on any atom is 0.238 e. The summed E-state index contributed by atoms with van der Waals surface area (Å²) in [5.41, 5.74) is 1.13. The quantitative estimate of drug-likeness (QED) is 0.909. The summed E-state index contributed by atoms with van der Waals surface area (Å²) in [6.45, 7) is 0.606. The van der Waals surface area contributed by atoms with Gasteiger partial charge in [-0.3, -0.25) is 9.69 Å². The number of nitrogens with zero attached hydrogens (tertiary/aromatic N) is 1. The van der Waals surface area contributed by atoms with Crippen LogP contribution in [0.5, 0.6) is 0 Å². The molecule has 3 nitrogen and oxygen atoms in total. The minimum Gasteiger partial charge on any atom is -0.325 e. The topological polar surface area (TPSA) is 32.3 Å². The summed E-state index contributed by atoms with van der Waals surface area (Å²) in [4.78, 5) is 13.7. The Morgan fingerprint density at radius 1 is 1.18 bits per heavy atom. The van der Waals surface area contributed by atoms with Crippen molar-refractivity contribution < 1.29 is 13.6 Å². The third-order valence-corrected chi connectivity index (χ3v) is 3.38. The van der Waals surface area contributed by atoms with Crippen molar-refractivity contribution in [1.82, 2.24) is 4.90 Å². The number of carbonyl (C=O) groups excluding carboxylic acids is 1. The Balaban J connectivity index is 1.91. The Labute approximate surface area is 132 Å². The summed E-state index contributed by atoms with van der Waals surface area (Å²) in [6.07, 6.45) is 0. The molecule has 0 spiro atoms. The van der Waals surface area contributed by atoms with Gasteiger partial charge in [-0.2, -0.15) is 0 Å². The number of anilines is 1. The predicted molar refractivity (Wildman–Crippen MR) is 82.8 cm³/mol. The molecule has 0 atom stereocenters. The number of likely N-dealkylation sites (N-methyl/N-ethyl adjacent to an activating group) is 1. The van der Waals surface area contributed by atoms with Crippen molar-refractivity contribution in [3.05, 3.63) is 64.7 Å². The number of rotatable bonds is 5. The zero-order chi connectivity index (χ0) is 16.1. The highest BCUT2D eigenvalue weighted by Gasteiger charge is 2.10. The summed E-state index contributed by atoms with van der Waals surface area (Å²) in [7, 11) is 1.77. The molecule has 0 aromatic heterocycles. The SMILES string of the molecule is CN(CC(=O)Nc1ccc(F)c(F)c1)Cc1ccccc1Cl. The molecule has 6 heteroatoms. The first-order valence-electron chi connectivity index (χ1n) is 6.62. The van der Waals surface area contributed by atoms with Gasteiger partial charge in [0.25, 0.3) is 0 Å². The van der Waals surface area contributed by atoms with Gasteiger partial charge in [0, 0.05) is 23.3 Å². The van der Waals surface area contributed by atoms with Crippen LogP contribution in [0.4, 0.5) is 14.5 Å². The van der Waals surface area contributed by atoms with Crippen molar-refractivity contribution in [2.24, 2.45) is 0 Å². The van der Waals surface area contributed by atoms with Crippen LogP contribution in [0.15, 0.2) is 42.5 Å². The molecule has 0 saturated heterocycles. The molecule has 116 valence electrons. The fraction of sp³-hybridized carbons (Fsp3) is 0.188. The van der Waals surface area contributed by atoms with Crippen molar-refractivity contribution in [2.45, 2.75) is 6.54 Å². The molecule has 0 aliphatic rings. The normalized spacial score (nSPS) is 10.8. The first-order chi connectivity index (χ1) is 10.5. The van der Waals surface area contributed by atoms with Crippen LogP contribution in [0.25, 0.3) is 0 Å². The van der Waals surface area contributed by atoms with Crippen LogP contribution in [-0.4, -0.2) is 24.4 Å². The van der Waals surface area contributed by atoms with Gasteiger partial charge in [-0.15, -0.1) is 0 Å². The molecule has 2 aromatic carbocycles. The van der Waals surface area contributed by atoms with E-state index in [0.717, 1.165) is 17.7 Å². The molecule has 0 radical (unpaired) electrons. The van der Waals surface area contributed by atoms with Crippen molar-refractivity contribution in [3.8, 4) is 0 Å². The lowest BCUT2D eigenvalue weighted by molar-refractivity contribution is -0.117. The number of amides is 1. The van der Waals surface area contributed by atoms with Crippen LogP contribution in [0.2, 0.25) is 5.02 Å². The number of nitrogens with one attached hydrogen (secondary N) is 1. The molecule has 0 heterocycles. The van der Waals surface area contributed by atoms with E-state index in [1.165, 1.54) is 6.07 Å². The standard InChI is InChI=1S/C16H15ClF2N2O/c1-21(9-11-4-2-3-5-13(11)17)10-16(22)20-12-6-7-14(18)15(19)8-12/h2-8H,9-10H2,1H3,(H,20,22). The minimum atomic E-state index is -0.998. The van der Waals surface area contributed by atoms with E-state index >= 15 is 0 Å². The molecule has 0 bridgehead atoms. The van der Waals surface area contributed by atoms with Gasteiger partial charge in [0.15, 0.2) is 11.6 Å². The molecule has 0 fully saturated rings. The van der Waals surface area contributed by atoms with Gasteiger partial charge < -0.3 is 5.32 Å². The number of hydrogen-bond acceptors (Lipinski definition) is 2. The predicted octanol–water partition coefficient (Wildman–Crippen LogP) is 3.69. The fourth-order valence-corrected chi connectivity index (χ4v) is 2.19. The van der Waals surface area contributed by atoms with E-state index in [-0.39, 0.29) is 18.1 Å². The maximum atomic E-state index is 13.1. The van der Waals surface area contributed by atoms with Crippen LogP contribution in [0, 0.1) is 11.6 Å². The smallest absolute Gasteiger partial charge is 0.238 e. The molecule has 2 aromatic rings. The minimum absolute atomic E-state index is 0.101. The van der Waals surface area contributed by atoms with Gasteiger partial charge in [-0.1, -0.05) is 29.8 Å². The average molecular weight is 325 g/mol. The van der Waals surface area contributed by atoms with E-state index in [1.54, 1.807) is 18.0 Å². The summed E-state index contributed by atoms with van der Waals surface area (Å²) in [5.74, 6) is -2.27. The Morgan fingerprint density at radius 2 is 1.91 bits per heavy atom. The summed E-state index contributed by atoms with van der Waals surface area (Å²) in [6, 6.07) is 10.6. The molecule has 0 saturated carbocycles. The Morgan fingerprint density at radius 3 is 2.59 bits per heavy atom. The lowest BCUT2D eigenvalue weighted by atomic mass is 10.2. The maximum absolute atomic E-state index is 13.1. The second-order valence-electron chi connectivity index (χ2n) is 4.94. The molecule has 0 aliphatic heterocycles. The zero-order valence-corrected chi connectivity index (χ0v) is 12.7. The van der Waals surface area contributed by atoms with Gasteiger partial charge in [0.05, 0.1) is 6.54 Å². The number of carbonyl (C=O) groups is 1. The van der Waals surface area contributed by atoms with E-state index in [2.05, 4.69) is 5.32 Å². The highest BCUT2D eigenvalue weighted by atomic mass is 35.5. The summed E-state index contributed by atoms with van der Waals surface area (Å²) >= 11 is 6.06. The monoisotopic (exact) mass is 324 g/mol. The average Bonchev–Trinajstić information content (AvgIpc) is 2.45. The molecule has 1 N–H and O–H groups in total. The van der Waals surface area contributed by atoms with Gasteiger partial charge in [-0.05, 0) is 30.8 Å². The third kappa shape index (κ3) is 4.51.